The number of nitrogens with zero attached hydrogens (tertiary/aromatic N) is 2. The van der Waals surface area contributed by atoms with Gasteiger partial charge in [-0.15, -0.1) is 0 Å². The molecule has 5 rings (SSSR count). The first-order valence-corrected chi connectivity index (χ1v) is 12.5. The van der Waals surface area contributed by atoms with E-state index in [9.17, 15) is 4.79 Å². The molecule has 3 aromatic carbocycles. The van der Waals surface area contributed by atoms with E-state index in [4.69, 9.17) is 23.9 Å². The second kappa shape index (κ2) is 10.8. The number of ether oxygens (including phenoxy) is 4. The summed E-state index contributed by atoms with van der Waals surface area (Å²) in [7, 11) is 1.60. The van der Waals surface area contributed by atoms with Crippen molar-refractivity contribution in [3.63, 3.8) is 0 Å². The molecule has 0 unspecified atom stereocenters. The van der Waals surface area contributed by atoms with Crippen molar-refractivity contribution < 1.29 is 23.7 Å². The zero-order valence-corrected chi connectivity index (χ0v) is 20.9. The number of rotatable bonds is 8. The Morgan fingerprint density at radius 3 is 2.67 bits per heavy atom. The zero-order valence-electron chi connectivity index (χ0n) is 20.1. The number of thioether (sulfide) groups is 1. The van der Waals surface area contributed by atoms with Crippen molar-refractivity contribution in [3.05, 3.63) is 82.8 Å². The summed E-state index contributed by atoms with van der Waals surface area (Å²) >= 11 is 1.38. The second-order valence-electron chi connectivity index (χ2n) is 8.18. The van der Waals surface area contributed by atoms with E-state index in [0.29, 0.717) is 34.7 Å². The number of carbonyl (C=O) groups excluding carboxylic acids is 1. The Hall–Kier alpha value is -3.91. The lowest BCUT2D eigenvalue weighted by Gasteiger charge is -2.14. The number of amidine groups is 1. The fourth-order valence-electron chi connectivity index (χ4n) is 3.86. The Morgan fingerprint density at radius 1 is 1.03 bits per heavy atom. The topological polar surface area (TPSA) is 69.6 Å². The van der Waals surface area contributed by atoms with Crippen molar-refractivity contribution in [2.24, 2.45) is 4.99 Å². The third-order valence-corrected chi connectivity index (χ3v) is 6.64. The predicted octanol–water partition coefficient (Wildman–Crippen LogP) is 6.02. The molecule has 1 fully saturated rings. The standard InChI is InChI=1S/C28H26N2O5S/c1-3-13-30-27(31)26(36-28(30)29-21-7-5-4-6-8-21)16-19-9-11-22(24(14-19)32-2)33-17-20-10-12-23-25(15-20)35-18-34-23/h4-12,14-16H,3,13,17-18H2,1-2H3/b26-16+,29-28?. The van der Waals surface area contributed by atoms with E-state index >= 15 is 0 Å². The molecule has 2 heterocycles. The van der Waals surface area contributed by atoms with E-state index in [1.165, 1.54) is 11.8 Å². The summed E-state index contributed by atoms with van der Waals surface area (Å²) in [5.74, 6) is 2.61. The molecular weight excluding hydrogens is 476 g/mol. The molecule has 7 nitrogen and oxygen atoms in total. The molecule has 2 aliphatic heterocycles. The first-order chi connectivity index (χ1) is 17.6. The van der Waals surface area contributed by atoms with Crippen LogP contribution in [0.5, 0.6) is 23.0 Å². The molecule has 3 aromatic rings. The van der Waals surface area contributed by atoms with Gasteiger partial charge in [-0.3, -0.25) is 9.69 Å². The smallest absolute Gasteiger partial charge is 0.266 e. The summed E-state index contributed by atoms with van der Waals surface area (Å²) in [6.07, 6.45) is 2.71. The Morgan fingerprint density at radius 2 is 1.86 bits per heavy atom. The molecule has 0 saturated carbocycles. The number of para-hydroxylation sites is 1. The van der Waals surface area contributed by atoms with Crippen LogP contribution in [0.2, 0.25) is 0 Å². The van der Waals surface area contributed by atoms with Gasteiger partial charge in [-0.05, 0) is 71.8 Å². The van der Waals surface area contributed by atoms with E-state index in [1.54, 1.807) is 12.0 Å². The highest BCUT2D eigenvalue weighted by Gasteiger charge is 2.32. The molecule has 0 bridgehead atoms. The molecule has 2 aliphatic rings. The molecule has 1 amide bonds. The fourth-order valence-corrected chi connectivity index (χ4v) is 4.89. The molecule has 0 aromatic heterocycles. The van der Waals surface area contributed by atoms with Gasteiger partial charge < -0.3 is 18.9 Å². The minimum atomic E-state index is -0.0429. The maximum absolute atomic E-state index is 13.1. The van der Waals surface area contributed by atoms with Crippen LogP contribution in [0.4, 0.5) is 5.69 Å². The van der Waals surface area contributed by atoms with E-state index in [2.05, 4.69) is 0 Å². The fraction of sp³-hybridized carbons (Fsp3) is 0.214. The predicted molar refractivity (Wildman–Crippen MR) is 141 cm³/mol. The first kappa shape index (κ1) is 23.8. The monoisotopic (exact) mass is 502 g/mol. The first-order valence-electron chi connectivity index (χ1n) is 11.7. The van der Waals surface area contributed by atoms with Crippen molar-refractivity contribution in [2.45, 2.75) is 20.0 Å². The van der Waals surface area contributed by atoms with E-state index < -0.39 is 0 Å². The molecule has 0 spiro atoms. The Labute approximate surface area is 214 Å². The summed E-state index contributed by atoms with van der Waals surface area (Å²) in [5, 5.41) is 0.690. The molecule has 0 radical (unpaired) electrons. The summed E-state index contributed by atoms with van der Waals surface area (Å²) < 4.78 is 22.4. The van der Waals surface area contributed by atoms with Crippen LogP contribution in [0.25, 0.3) is 6.08 Å². The molecule has 184 valence electrons. The molecule has 8 heteroatoms. The Bertz CT molecular complexity index is 1320. The van der Waals surface area contributed by atoms with Crippen molar-refractivity contribution in [2.75, 3.05) is 20.4 Å². The van der Waals surface area contributed by atoms with Crippen LogP contribution in [0, 0.1) is 0 Å². The third kappa shape index (κ3) is 5.18. The number of amides is 1. The highest BCUT2D eigenvalue weighted by atomic mass is 32.2. The molecule has 0 atom stereocenters. The number of methoxy groups -OCH3 is 1. The quantitative estimate of drug-likeness (QED) is 0.351. The minimum Gasteiger partial charge on any atom is -0.493 e. The lowest BCUT2D eigenvalue weighted by molar-refractivity contribution is -0.122. The Kier molecular flexibility index (Phi) is 7.13. The van der Waals surface area contributed by atoms with Gasteiger partial charge in [0.15, 0.2) is 28.2 Å². The highest BCUT2D eigenvalue weighted by molar-refractivity contribution is 8.18. The van der Waals surface area contributed by atoms with Crippen molar-refractivity contribution in [1.29, 1.82) is 0 Å². The molecule has 1 saturated heterocycles. The summed E-state index contributed by atoms with van der Waals surface area (Å²) in [6, 6.07) is 21.0. The Balaban J connectivity index is 1.34. The van der Waals surface area contributed by atoms with Crippen LogP contribution in [-0.2, 0) is 11.4 Å². The van der Waals surface area contributed by atoms with Gasteiger partial charge in [0.1, 0.15) is 6.61 Å². The van der Waals surface area contributed by atoms with Gasteiger partial charge >= 0.3 is 0 Å². The van der Waals surface area contributed by atoms with Gasteiger partial charge in [0.25, 0.3) is 5.91 Å². The van der Waals surface area contributed by atoms with Crippen LogP contribution in [0.3, 0.4) is 0 Å². The van der Waals surface area contributed by atoms with Crippen LogP contribution >= 0.6 is 11.8 Å². The maximum atomic E-state index is 13.1. The van der Waals surface area contributed by atoms with Crippen LogP contribution in [0.15, 0.2) is 76.6 Å². The summed E-state index contributed by atoms with van der Waals surface area (Å²) in [4.78, 5) is 20.2. The highest BCUT2D eigenvalue weighted by Crippen LogP contribution is 2.37. The third-order valence-electron chi connectivity index (χ3n) is 5.63. The number of carbonyl (C=O) groups is 1. The molecule has 36 heavy (non-hydrogen) atoms. The van der Waals surface area contributed by atoms with E-state index in [1.807, 2.05) is 79.7 Å². The van der Waals surface area contributed by atoms with Gasteiger partial charge in [-0.1, -0.05) is 37.3 Å². The molecule has 0 N–H and O–H groups in total. The lowest BCUT2D eigenvalue weighted by atomic mass is 10.1. The SMILES string of the molecule is CCCN1C(=O)/C(=C\c2ccc(OCc3ccc4c(c3)OCO4)c(OC)c2)SC1=Nc1ccccc1. The van der Waals surface area contributed by atoms with Gasteiger partial charge in [-0.2, -0.15) is 0 Å². The van der Waals surface area contributed by atoms with Gasteiger partial charge in [0, 0.05) is 6.54 Å². The van der Waals surface area contributed by atoms with Crippen LogP contribution in [-0.4, -0.2) is 36.4 Å². The van der Waals surface area contributed by atoms with Crippen molar-refractivity contribution in [1.82, 2.24) is 4.90 Å². The zero-order chi connectivity index (χ0) is 24.9. The van der Waals surface area contributed by atoms with E-state index in [-0.39, 0.29) is 12.7 Å². The summed E-state index contributed by atoms with van der Waals surface area (Å²) in [5.41, 5.74) is 2.62. The second-order valence-corrected chi connectivity index (χ2v) is 9.19. The minimum absolute atomic E-state index is 0.0429. The molecular formula is C28H26N2O5S. The average molecular weight is 503 g/mol. The van der Waals surface area contributed by atoms with Crippen molar-refractivity contribution >= 4 is 34.6 Å². The number of hydrogen-bond acceptors (Lipinski definition) is 7. The van der Waals surface area contributed by atoms with Crippen LogP contribution < -0.4 is 18.9 Å². The molecule has 0 aliphatic carbocycles. The summed E-state index contributed by atoms with van der Waals surface area (Å²) in [6.45, 7) is 3.26. The van der Waals surface area contributed by atoms with E-state index in [0.717, 1.165) is 34.7 Å². The van der Waals surface area contributed by atoms with Gasteiger partial charge in [-0.25, -0.2) is 4.99 Å². The van der Waals surface area contributed by atoms with Crippen LogP contribution in [0.1, 0.15) is 24.5 Å². The van der Waals surface area contributed by atoms with Gasteiger partial charge in [0.05, 0.1) is 17.7 Å². The number of aliphatic imine (C=N–C) groups is 1. The van der Waals surface area contributed by atoms with Crippen molar-refractivity contribution in [3.8, 4) is 23.0 Å². The number of hydrogen-bond donors (Lipinski definition) is 0. The normalized spacial score (nSPS) is 16.7. The average Bonchev–Trinajstić information content (AvgIpc) is 3.48. The maximum Gasteiger partial charge on any atom is 0.266 e. The van der Waals surface area contributed by atoms with Gasteiger partial charge in [0.2, 0.25) is 6.79 Å². The largest absolute Gasteiger partial charge is 0.493 e. The number of fused-ring (bicyclic) bond motifs is 1. The number of benzene rings is 3. The lowest BCUT2D eigenvalue weighted by Crippen LogP contribution is -2.29.